The summed E-state index contributed by atoms with van der Waals surface area (Å²) in [6, 6.07) is 18.9. The first-order valence-corrected chi connectivity index (χ1v) is 23.3. The lowest BCUT2D eigenvalue weighted by Crippen LogP contribution is -2.70. The lowest BCUT2D eigenvalue weighted by molar-refractivity contribution is -0.384. The largest absolute Gasteiger partial charge is 0.459 e. The molecule has 1 amide bonds. The molecule has 3 aliphatic rings. The number of nitrogens with zero attached hydrogens (tertiary/aromatic N) is 3. The van der Waals surface area contributed by atoms with Crippen LogP contribution in [-0.4, -0.2) is 108 Å². The molecule has 15 nitrogen and oxygen atoms in total. The van der Waals surface area contributed by atoms with Gasteiger partial charge in [0.1, 0.15) is 29.9 Å². The van der Waals surface area contributed by atoms with Crippen LogP contribution in [0.1, 0.15) is 68.9 Å². The Labute approximate surface area is 379 Å². The van der Waals surface area contributed by atoms with Crippen LogP contribution in [-0.2, 0) is 25.7 Å². The van der Waals surface area contributed by atoms with Crippen molar-refractivity contribution < 1.29 is 53.6 Å². The first kappa shape index (κ1) is 48.5. The molecule has 3 aromatic rings. The zero-order chi connectivity index (χ0) is 45.5. The second-order valence-electron chi connectivity index (χ2n) is 16.0. The van der Waals surface area contributed by atoms with E-state index in [0.717, 1.165) is 41.7 Å². The number of hydrogen-bond donors (Lipinski definition) is 3. The zero-order valence-electron chi connectivity index (χ0n) is 36.7. The Hall–Kier alpha value is -4.97. The van der Waals surface area contributed by atoms with E-state index in [2.05, 4.69) is 12.7 Å². The Balaban J connectivity index is 1.56. The van der Waals surface area contributed by atoms with Crippen molar-refractivity contribution in [3.63, 3.8) is 0 Å². The van der Waals surface area contributed by atoms with Crippen LogP contribution < -0.4 is 9.47 Å². The topological polar surface area (TPSA) is 192 Å². The molecule has 0 unspecified atom stereocenters. The van der Waals surface area contributed by atoms with Gasteiger partial charge in [0.05, 0.1) is 49.6 Å². The molecular weight excluding hydrogens is 843 g/mol. The zero-order valence-corrected chi connectivity index (χ0v) is 37.5. The molecule has 2 aliphatic carbocycles. The van der Waals surface area contributed by atoms with Crippen molar-refractivity contribution in [2.75, 3.05) is 59.0 Å². The third-order valence-electron chi connectivity index (χ3n) is 12.1. The predicted molar refractivity (Wildman–Crippen MR) is 243 cm³/mol. The first-order valence-electron chi connectivity index (χ1n) is 22.1. The highest BCUT2D eigenvalue weighted by molar-refractivity contribution is 7.98. The standard InChI is InChI=1S/C48H61N3O12S/c1-4-26-60-48-44(50(47(55)59-5-2)22-27-58-28-25-54)31-42(49-61-32-33-12-14-35(15-13-33)51(56)57)40-29-34(10-6-8-23-52)39(11-7-9-24-53)45(46(40)48)41-30-37(18-21-43(41)63-48)62-36-16-19-38(64-3)20-17-36/h4,12-21,29-30,34,39,44-46,52-54H,1,5-11,22-28,31-32H2,2-3H3/t34-,39+,44-,45+,46+,48+/m0/s1. The summed E-state index contributed by atoms with van der Waals surface area (Å²) in [5.41, 5.74) is 2.94. The third-order valence-corrected chi connectivity index (χ3v) is 12.8. The van der Waals surface area contributed by atoms with E-state index in [1.54, 1.807) is 41.8 Å². The van der Waals surface area contributed by atoms with Crippen LogP contribution >= 0.6 is 11.8 Å². The summed E-state index contributed by atoms with van der Waals surface area (Å²) in [4.78, 5) is 33.9. The number of carbonyl (C=O) groups is 1. The van der Waals surface area contributed by atoms with E-state index < -0.39 is 28.8 Å². The SMILES string of the molecule is C=CCO[C@@]12Oc3ccc(Oc4ccc(SC)cc4)cc3[C@H]3[C@H](CCCCO)[C@@H](CCCCO)C=C(C(=NOCc4ccc([N+](=O)[O-])cc4)C[C@@H]1N(CCOCCO)C(=O)OCC)[C@H]32. The minimum Gasteiger partial charge on any atom is -0.459 e. The lowest BCUT2D eigenvalue weighted by Gasteiger charge is -2.59. The van der Waals surface area contributed by atoms with Gasteiger partial charge >= 0.3 is 6.09 Å². The third kappa shape index (κ3) is 11.5. The van der Waals surface area contributed by atoms with Crippen molar-refractivity contribution in [2.24, 2.45) is 22.9 Å². The van der Waals surface area contributed by atoms with Crippen molar-refractivity contribution in [1.82, 2.24) is 4.90 Å². The van der Waals surface area contributed by atoms with Crippen molar-refractivity contribution in [3.05, 3.63) is 112 Å². The fourth-order valence-electron chi connectivity index (χ4n) is 9.30. The van der Waals surface area contributed by atoms with Gasteiger partial charge in [0.2, 0.25) is 5.79 Å². The highest BCUT2D eigenvalue weighted by Crippen LogP contribution is 2.62. The van der Waals surface area contributed by atoms with E-state index in [1.807, 2.05) is 48.7 Å². The number of non-ortho nitro benzene ring substituents is 1. The van der Waals surface area contributed by atoms with Gasteiger partial charge in [-0.2, -0.15) is 0 Å². The van der Waals surface area contributed by atoms with Crippen molar-refractivity contribution in [1.29, 1.82) is 0 Å². The summed E-state index contributed by atoms with van der Waals surface area (Å²) in [6.07, 6.45) is 9.70. The number of allylic oxidation sites excluding steroid dienone is 1. The maximum Gasteiger partial charge on any atom is 0.410 e. The number of oxime groups is 1. The summed E-state index contributed by atoms with van der Waals surface area (Å²) >= 11 is 1.65. The summed E-state index contributed by atoms with van der Waals surface area (Å²) < 4.78 is 32.2. The maximum absolute atomic E-state index is 14.2. The molecule has 3 N–H and O–H groups in total. The number of nitro groups is 1. The molecular formula is C48H61N3O12S. The van der Waals surface area contributed by atoms with E-state index >= 15 is 0 Å². The monoisotopic (exact) mass is 903 g/mol. The van der Waals surface area contributed by atoms with Crippen molar-refractivity contribution >= 4 is 29.3 Å². The number of hydrogen-bond acceptors (Lipinski definition) is 14. The fraction of sp³-hybridized carbons (Fsp3) is 0.500. The van der Waals surface area contributed by atoms with Crippen LogP contribution in [0.3, 0.4) is 0 Å². The minimum atomic E-state index is -1.53. The molecule has 1 aliphatic heterocycles. The van der Waals surface area contributed by atoms with Gasteiger partial charge in [-0.15, -0.1) is 18.3 Å². The van der Waals surface area contributed by atoms with Gasteiger partial charge in [0, 0.05) is 54.7 Å². The van der Waals surface area contributed by atoms with Crippen LogP contribution in [0.25, 0.3) is 0 Å². The Kier molecular flexibility index (Phi) is 18.0. The number of nitro benzene ring substituents is 1. The van der Waals surface area contributed by atoms with Gasteiger partial charge in [-0.3, -0.25) is 15.0 Å². The number of ether oxygens (including phenoxy) is 5. The predicted octanol–water partition coefficient (Wildman–Crippen LogP) is 8.41. The Morgan fingerprint density at radius 1 is 1.00 bits per heavy atom. The molecule has 6 atom stereocenters. The molecule has 16 heteroatoms. The number of thioether (sulfide) groups is 1. The van der Waals surface area contributed by atoms with Crippen molar-refractivity contribution in [3.8, 4) is 17.2 Å². The molecule has 0 radical (unpaired) electrons. The molecule has 3 aromatic carbocycles. The number of aliphatic hydroxyl groups excluding tert-OH is 3. The minimum absolute atomic E-state index is 0.00215. The molecule has 1 saturated carbocycles. The second kappa shape index (κ2) is 23.8. The highest BCUT2D eigenvalue weighted by atomic mass is 32.2. The smallest absolute Gasteiger partial charge is 0.410 e. The Bertz CT molecular complexity index is 2070. The van der Waals surface area contributed by atoms with Gasteiger partial charge in [-0.05, 0) is 116 Å². The number of aliphatic hydroxyl groups is 3. The highest BCUT2D eigenvalue weighted by Gasteiger charge is 2.65. The number of unbranched alkanes of at least 4 members (excludes halogenated alkanes) is 2. The molecule has 0 saturated heterocycles. The van der Waals surface area contributed by atoms with Crippen LogP contribution in [0.4, 0.5) is 10.5 Å². The molecule has 1 heterocycles. The maximum atomic E-state index is 14.2. The molecule has 64 heavy (non-hydrogen) atoms. The number of fused-ring (bicyclic) bond motifs is 2. The average molecular weight is 904 g/mol. The lowest BCUT2D eigenvalue weighted by atomic mass is 9.55. The van der Waals surface area contributed by atoms with E-state index in [0.29, 0.717) is 41.4 Å². The van der Waals surface area contributed by atoms with E-state index in [4.69, 9.17) is 33.7 Å². The Morgan fingerprint density at radius 2 is 1.73 bits per heavy atom. The number of rotatable bonds is 25. The fourth-order valence-corrected chi connectivity index (χ4v) is 9.71. The van der Waals surface area contributed by atoms with E-state index in [9.17, 15) is 30.2 Å². The molecule has 0 spiro atoms. The molecule has 6 rings (SSSR count). The van der Waals surface area contributed by atoms with Gasteiger partial charge in [0.25, 0.3) is 5.69 Å². The number of benzene rings is 3. The van der Waals surface area contributed by atoms with Crippen LogP contribution in [0.2, 0.25) is 0 Å². The summed E-state index contributed by atoms with van der Waals surface area (Å²) in [5, 5.41) is 45.6. The first-order chi connectivity index (χ1) is 31.2. The Morgan fingerprint density at radius 3 is 2.41 bits per heavy atom. The summed E-state index contributed by atoms with van der Waals surface area (Å²) in [6.45, 7) is 6.07. The van der Waals surface area contributed by atoms with E-state index in [1.165, 1.54) is 12.1 Å². The molecule has 1 fully saturated rings. The van der Waals surface area contributed by atoms with Crippen LogP contribution in [0.15, 0.2) is 101 Å². The molecule has 0 bridgehead atoms. The normalized spacial score (nSPS) is 22.7. The van der Waals surface area contributed by atoms with E-state index in [-0.39, 0.29) is 89.3 Å². The summed E-state index contributed by atoms with van der Waals surface area (Å²) in [5.74, 6) is -0.575. The molecule has 346 valence electrons. The van der Waals surface area contributed by atoms with Gasteiger partial charge in [0.15, 0.2) is 0 Å². The summed E-state index contributed by atoms with van der Waals surface area (Å²) in [7, 11) is 0. The quantitative estimate of drug-likeness (QED) is 0.0242. The van der Waals surface area contributed by atoms with Crippen LogP contribution in [0, 0.1) is 27.9 Å². The average Bonchev–Trinajstić information content (AvgIpc) is 3.30. The van der Waals surface area contributed by atoms with Gasteiger partial charge in [-0.1, -0.05) is 30.1 Å². The molecule has 0 aromatic heterocycles. The number of amides is 1. The van der Waals surface area contributed by atoms with Crippen molar-refractivity contribution in [2.45, 2.75) is 81.1 Å². The van der Waals surface area contributed by atoms with Gasteiger partial charge < -0.3 is 43.8 Å². The van der Waals surface area contributed by atoms with Crippen LogP contribution in [0.5, 0.6) is 17.2 Å². The number of carbonyl (C=O) groups excluding carboxylic acids is 1. The van der Waals surface area contributed by atoms with Gasteiger partial charge in [-0.25, -0.2) is 4.79 Å². The second-order valence-corrected chi connectivity index (χ2v) is 16.9.